The summed E-state index contributed by atoms with van der Waals surface area (Å²) in [6.45, 7) is 1.48. The quantitative estimate of drug-likeness (QED) is 0.768. The van der Waals surface area contributed by atoms with Gasteiger partial charge in [-0.1, -0.05) is 23.2 Å². The highest BCUT2D eigenvalue weighted by Crippen LogP contribution is 2.31. The zero-order valence-electron chi connectivity index (χ0n) is 8.46. The van der Waals surface area contributed by atoms with E-state index in [4.69, 9.17) is 33.0 Å². The molecular formula is C10H14Cl2NO2+. The molecule has 0 spiro atoms. The molecule has 0 radical (unpaired) electrons. The Bertz CT molecular complexity index is 331. The van der Waals surface area contributed by atoms with Crippen LogP contribution in [0.2, 0.25) is 10.0 Å². The molecule has 3 N–H and O–H groups in total. The monoisotopic (exact) mass is 250 g/mol. The SMILES string of the molecule is COc1c(Cl)cc(Cl)cc1C[NH2+]CCO. The number of benzene rings is 1. The lowest BCUT2D eigenvalue weighted by Crippen LogP contribution is -2.83. The molecule has 15 heavy (non-hydrogen) atoms. The van der Waals surface area contributed by atoms with Crippen molar-refractivity contribution in [3.8, 4) is 5.75 Å². The number of quaternary nitrogens is 1. The standard InChI is InChI=1S/C10H13Cl2NO2/c1-15-10-7(6-13-2-3-14)4-8(11)5-9(10)12/h4-5,13-14H,2-3,6H2,1H3/p+1. The van der Waals surface area contributed by atoms with Crippen molar-refractivity contribution in [1.29, 1.82) is 0 Å². The lowest BCUT2D eigenvalue weighted by molar-refractivity contribution is -0.671. The van der Waals surface area contributed by atoms with Gasteiger partial charge in [-0.3, -0.25) is 0 Å². The molecule has 5 heteroatoms. The van der Waals surface area contributed by atoms with Crippen LogP contribution in [0.4, 0.5) is 0 Å². The van der Waals surface area contributed by atoms with Crippen LogP contribution in [0.3, 0.4) is 0 Å². The molecule has 0 heterocycles. The highest BCUT2D eigenvalue weighted by molar-refractivity contribution is 6.35. The van der Waals surface area contributed by atoms with Gasteiger partial charge in [0.1, 0.15) is 12.3 Å². The maximum atomic E-state index is 8.67. The van der Waals surface area contributed by atoms with Gasteiger partial charge in [-0.2, -0.15) is 0 Å². The van der Waals surface area contributed by atoms with Gasteiger partial charge in [0.2, 0.25) is 0 Å². The van der Waals surface area contributed by atoms with Gasteiger partial charge in [-0.15, -0.1) is 0 Å². The third-order valence-electron chi connectivity index (χ3n) is 1.99. The fourth-order valence-electron chi connectivity index (χ4n) is 1.34. The number of methoxy groups -OCH3 is 1. The predicted molar refractivity (Wildman–Crippen MR) is 60.6 cm³/mol. The van der Waals surface area contributed by atoms with E-state index in [0.717, 1.165) is 5.56 Å². The number of halogens is 2. The van der Waals surface area contributed by atoms with Crippen LogP contribution in [-0.4, -0.2) is 25.4 Å². The van der Waals surface area contributed by atoms with E-state index in [-0.39, 0.29) is 6.61 Å². The Kier molecular flexibility index (Phi) is 5.19. The summed E-state index contributed by atoms with van der Waals surface area (Å²) in [5, 5.41) is 11.7. The molecule has 84 valence electrons. The predicted octanol–water partition coefficient (Wildman–Crippen LogP) is 1.06. The highest BCUT2D eigenvalue weighted by Gasteiger charge is 2.10. The fourth-order valence-corrected chi connectivity index (χ4v) is 1.96. The summed E-state index contributed by atoms with van der Waals surface area (Å²) in [6.07, 6.45) is 0. The molecule has 0 aromatic heterocycles. The minimum atomic E-state index is 0.149. The summed E-state index contributed by atoms with van der Waals surface area (Å²) in [5.41, 5.74) is 0.934. The molecule has 1 aromatic rings. The van der Waals surface area contributed by atoms with Crippen LogP contribution in [0.1, 0.15) is 5.56 Å². The van der Waals surface area contributed by atoms with Gasteiger partial charge in [-0.05, 0) is 12.1 Å². The lowest BCUT2D eigenvalue weighted by Gasteiger charge is -2.09. The summed E-state index contributed by atoms with van der Waals surface area (Å²) in [5.74, 6) is 0.648. The molecule has 3 nitrogen and oxygen atoms in total. The summed E-state index contributed by atoms with van der Waals surface area (Å²) in [6, 6.07) is 3.47. The van der Waals surface area contributed by atoms with Gasteiger partial charge in [0.25, 0.3) is 0 Å². The molecule has 0 atom stereocenters. The van der Waals surface area contributed by atoms with Gasteiger partial charge in [0.05, 0.1) is 30.8 Å². The molecule has 1 rings (SSSR count). The van der Waals surface area contributed by atoms with Crippen molar-refractivity contribution in [2.24, 2.45) is 0 Å². The first-order chi connectivity index (χ1) is 7.19. The number of hydrogen-bond acceptors (Lipinski definition) is 2. The topological polar surface area (TPSA) is 46.1 Å². The molecule has 0 unspecified atom stereocenters. The first-order valence-corrected chi connectivity index (χ1v) is 5.39. The second kappa shape index (κ2) is 6.18. The van der Waals surface area contributed by atoms with E-state index in [9.17, 15) is 0 Å². The van der Waals surface area contributed by atoms with Gasteiger partial charge in [0.15, 0.2) is 0 Å². The van der Waals surface area contributed by atoms with Crippen molar-refractivity contribution in [1.82, 2.24) is 0 Å². The van der Waals surface area contributed by atoms with Gasteiger partial charge in [0, 0.05) is 5.02 Å². The van der Waals surface area contributed by atoms with Crippen molar-refractivity contribution in [3.05, 3.63) is 27.7 Å². The maximum absolute atomic E-state index is 8.67. The van der Waals surface area contributed by atoms with Crippen LogP contribution in [0.5, 0.6) is 5.75 Å². The minimum absolute atomic E-state index is 0.149. The number of aliphatic hydroxyl groups excluding tert-OH is 1. The van der Waals surface area contributed by atoms with Crippen LogP contribution in [0.15, 0.2) is 12.1 Å². The number of rotatable bonds is 5. The van der Waals surface area contributed by atoms with Gasteiger partial charge < -0.3 is 15.2 Å². The highest BCUT2D eigenvalue weighted by atomic mass is 35.5. The molecule has 0 bridgehead atoms. The summed E-state index contributed by atoms with van der Waals surface area (Å²) in [4.78, 5) is 0. The Morgan fingerprint density at radius 3 is 2.73 bits per heavy atom. The number of hydrogen-bond donors (Lipinski definition) is 2. The third kappa shape index (κ3) is 3.54. The van der Waals surface area contributed by atoms with E-state index in [1.54, 1.807) is 13.2 Å². The largest absolute Gasteiger partial charge is 0.495 e. The molecule has 0 aliphatic heterocycles. The average Bonchev–Trinajstić information content (AvgIpc) is 2.17. The van der Waals surface area contributed by atoms with Crippen LogP contribution in [0.25, 0.3) is 0 Å². The van der Waals surface area contributed by atoms with Gasteiger partial charge in [-0.25, -0.2) is 0 Å². The Balaban J connectivity index is 2.84. The molecule has 0 amide bonds. The average molecular weight is 251 g/mol. The van der Waals surface area contributed by atoms with Crippen molar-refractivity contribution >= 4 is 23.2 Å². The van der Waals surface area contributed by atoms with Crippen molar-refractivity contribution < 1.29 is 15.2 Å². The first kappa shape index (κ1) is 12.6. The zero-order chi connectivity index (χ0) is 11.3. The zero-order valence-corrected chi connectivity index (χ0v) is 9.98. The second-order valence-corrected chi connectivity index (χ2v) is 3.93. The summed E-state index contributed by atoms with van der Waals surface area (Å²) >= 11 is 11.9. The number of nitrogens with two attached hydrogens (primary N) is 1. The fraction of sp³-hybridized carbons (Fsp3) is 0.400. The maximum Gasteiger partial charge on any atom is 0.146 e. The van der Waals surface area contributed by atoms with Crippen LogP contribution in [-0.2, 0) is 6.54 Å². The Labute approximate surface area is 99.0 Å². The first-order valence-electron chi connectivity index (χ1n) is 4.63. The molecule has 0 saturated carbocycles. The number of aliphatic hydroxyl groups is 1. The van der Waals surface area contributed by atoms with E-state index < -0.39 is 0 Å². The van der Waals surface area contributed by atoms with Crippen LogP contribution >= 0.6 is 23.2 Å². The van der Waals surface area contributed by atoms with Crippen molar-refractivity contribution in [2.75, 3.05) is 20.3 Å². The summed E-state index contributed by atoms with van der Waals surface area (Å²) in [7, 11) is 1.57. The molecule has 0 fully saturated rings. The normalized spacial score (nSPS) is 10.4. The third-order valence-corrected chi connectivity index (χ3v) is 2.49. The van der Waals surface area contributed by atoms with E-state index in [0.29, 0.717) is 28.9 Å². The van der Waals surface area contributed by atoms with E-state index in [2.05, 4.69) is 0 Å². The number of ether oxygens (including phenoxy) is 1. The van der Waals surface area contributed by atoms with Gasteiger partial charge >= 0.3 is 0 Å². The molecule has 1 aromatic carbocycles. The molecule has 0 aliphatic rings. The van der Waals surface area contributed by atoms with Crippen LogP contribution in [0, 0.1) is 0 Å². The molecule has 0 saturated heterocycles. The van der Waals surface area contributed by atoms with E-state index >= 15 is 0 Å². The Morgan fingerprint density at radius 1 is 1.40 bits per heavy atom. The smallest absolute Gasteiger partial charge is 0.146 e. The van der Waals surface area contributed by atoms with Crippen molar-refractivity contribution in [3.63, 3.8) is 0 Å². The minimum Gasteiger partial charge on any atom is -0.495 e. The molecule has 0 aliphatic carbocycles. The Morgan fingerprint density at radius 2 is 2.13 bits per heavy atom. The Hall–Kier alpha value is -0.480. The molecular weight excluding hydrogens is 237 g/mol. The lowest BCUT2D eigenvalue weighted by atomic mass is 10.2. The second-order valence-electron chi connectivity index (χ2n) is 3.09. The summed E-state index contributed by atoms with van der Waals surface area (Å²) < 4.78 is 5.19. The van der Waals surface area contributed by atoms with Crippen LogP contribution < -0.4 is 10.1 Å². The van der Waals surface area contributed by atoms with Crippen molar-refractivity contribution in [2.45, 2.75) is 6.54 Å². The van der Waals surface area contributed by atoms with E-state index in [1.807, 2.05) is 11.4 Å². The van der Waals surface area contributed by atoms with E-state index in [1.165, 1.54) is 0 Å².